The van der Waals surface area contributed by atoms with Crippen LogP contribution in [-0.2, 0) is 14.3 Å². The number of hydrogen-bond acceptors (Lipinski definition) is 6. The molecule has 7 nitrogen and oxygen atoms in total. The first kappa shape index (κ1) is 19.3. The SMILES string of the molecule is C=CC(=O)OCCNC(=O)Oc1ccc2c(OCCOC)cccc2c1. The highest BCUT2D eigenvalue weighted by molar-refractivity contribution is 5.90. The van der Waals surface area contributed by atoms with E-state index in [0.717, 1.165) is 22.6 Å². The van der Waals surface area contributed by atoms with Gasteiger partial charge in [-0.15, -0.1) is 0 Å². The fraction of sp³-hybridized carbons (Fsp3) is 0.263. The fourth-order valence-electron chi connectivity index (χ4n) is 2.16. The summed E-state index contributed by atoms with van der Waals surface area (Å²) in [6.07, 6.45) is 0.423. The van der Waals surface area contributed by atoms with Crippen LogP contribution in [0.3, 0.4) is 0 Å². The lowest BCUT2D eigenvalue weighted by Gasteiger charge is -2.11. The fourth-order valence-corrected chi connectivity index (χ4v) is 2.16. The Hall–Kier alpha value is -3.06. The van der Waals surface area contributed by atoms with Gasteiger partial charge in [0.1, 0.15) is 24.7 Å². The van der Waals surface area contributed by atoms with Crippen molar-refractivity contribution in [3.63, 3.8) is 0 Å². The highest BCUT2D eigenvalue weighted by Crippen LogP contribution is 2.28. The summed E-state index contributed by atoms with van der Waals surface area (Å²) in [7, 11) is 1.62. The van der Waals surface area contributed by atoms with E-state index < -0.39 is 12.1 Å². The second-order valence-electron chi connectivity index (χ2n) is 5.17. The van der Waals surface area contributed by atoms with E-state index in [1.165, 1.54) is 0 Å². The van der Waals surface area contributed by atoms with Crippen LogP contribution in [0.25, 0.3) is 10.8 Å². The van der Waals surface area contributed by atoms with E-state index in [1.54, 1.807) is 19.2 Å². The average Bonchev–Trinajstić information content (AvgIpc) is 2.65. The molecule has 0 heterocycles. The first-order valence-corrected chi connectivity index (χ1v) is 8.03. The minimum Gasteiger partial charge on any atom is -0.491 e. The van der Waals surface area contributed by atoms with Gasteiger partial charge in [-0.2, -0.15) is 0 Å². The van der Waals surface area contributed by atoms with E-state index in [2.05, 4.69) is 11.9 Å². The highest BCUT2D eigenvalue weighted by Gasteiger charge is 2.07. The van der Waals surface area contributed by atoms with Crippen molar-refractivity contribution in [3.8, 4) is 11.5 Å². The number of amides is 1. The van der Waals surface area contributed by atoms with Gasteiger partial charge >= 0.3 is 12.1 Å². The number of carbonyl (C=O) groups is 2. The van der Waals surface area contributed by atoms with Gasteiger partial charge in [-0.25, -0.2) is 9.59 Å². The second kappa shape index (κ2) is 10.0. The van der Waals surface area contributed by atoms with Gasteiger partial charge < -0.3 is 24.3 Å². The van der Waals surface area contributed by atoms with Crippen molar-refractivity contribution in [1.29, 1.82) is 0 Å². The molecule has 0 saturated heterocycles. The van der Waals surface area contributed by atoms with Gasteiger partial charge in [-0.3, -0.25) is 0 Å². The van der Waals surface area contributed by atoms with E-state index in [9.17, 15) is 9.59 Å². The maximum Gasteiger partial charge on any atom is 0.412 e. The third-order valence-electron chi connectivity index (χ3n) is 3.35. The van der Waals surface area contributed by atoms with E-state index >= 15 is 0 Å². The molecule has 0 radical (unpaired) electrons. The lowest BCUT2D eigenvalue weighted by atomic mass is 10.1. The van der Waals surface area contributed by atoms with Crippen LogP contribution in [-0.4, -0.2) is 45.5 Å². The number of benzene rings is 2. The average molecular weight is 359 g/mol. The number of fused-ring (bicyclic) bond motifs is 1. The Morgan fingerprint density at radius 1 is 1.15 bits per heavy atom. The molecule has 138 valence electrons. The molecule has 0 atom stereocenters. The third-order valence-corrected chi connectivity index (χ3v) is 3.35. The number of ether oxygens (including phenoxy) is 4. The van der Waals surface area contributed by atoms with Crippen LogP contribution in [0.4, 0.5) is 4.79 Å². The second-order valence-corrected chi connectivity index (χ2v) is 5.17. The molecule has 0 spiro atoms. The molecular formula is C19H21NO6. The van der Waals surface area contributed by atoms with Gasteiger partial charge in [0.2, 0.25) is 0 Å². The minimum atomic E-state index is -0.633. The Balaban J connectivity index is 1.92. The molecule has 0 aliphatic rings. The Kier molecular flexibility index (Phi) is 7.45. The van der Waals surface area contributed by atoms with Crippen LogP contribution < -0.4 is 14.8 Å². The Morgan fingerprint density at radius 2 is 2.00 bits per heavy atom. The maximum absolute atomic E-state index is 11.8. The Bertz CT molecular complexity index is 774. The molecule has 0 aromatic heterocycles. The Labute approximate surface area is 151 Å². The van der Waals surface area contributed by atoms with Gasteiger partial charge in [0, 0.05) is 18.6 Å². The molecule has 26 heavy (non-hydrogen) atoms. The highest BCUT2D eigenvalue weighted by atomic mass is 16.6. The molecule has 1 amide bonds. The lowest BCUT2D eigenvalue weighted by Crippen LogP contribution is -2.30. The summed E-state index contributed by atoms with van der Waals surface area (Å²) in [6, 6.07) is 10.9. The predicted molar refractivity (Wildman–Crippen MR) is 96.5 cm³/mol. The molecule has 0 aliphatic heterocycles. The monoisotopic (exact) mass is 359 g/mol. The summed E-state index contributed by atoms with van der Waals surface area (Å²) < 4.78 is 20.6. The smallest absolute Gasteiger partial charge is 0.412 e. The first-order valence-electron chi connectivity index (χ1n) is 8.03. The Morgan fingerprint density at radius 3 is 2.77 bits per heavy atom. The van der Waals surface area contributed by atoms with Crippen molar-refractivity contribution in [2.75, 3.05) is 33.5 Å². The van der Waals surface area contributed by atoms with Crippen LogP contribution in [0, 0.1) is 0 Å². The standard InChI is InChI=1S/C19H21NO6/c1-3-18(21)25-10-9-20-19(22)26-15-7-8-16-14(13-15)5-4-6-17(16)24-12-11-23-2/h3-8,13H,1,9-12H2,2H3,(H,20,22). The number of hydrogen-bond donors (Lipinski definition) is 1. The van der Waals surface area contributed by atoms with Crippen molar-refractivity contribution in [1.82, 2.24) is 5.32 Å². The maximum atomic E-state index is 11.8. The number of carbonyl (C=O) groups excluding carboxylic acids is 2. The number of methoxy groups -OCH3 is 1. The van der Waals surface area contributed by atoms with E-state index in [4.69, 9.17) is 18.9 Å². The third kappa shape index (κ3) is 5.78. The number of nitrogens with one attached hydrogen (secondary N) is 1. The minimum absolute atomic E-state index is 0.0415. The summed E-state index contributed by atoms with van der Waals surface area (Å²) in [5.74, 6) is 0.588. The van der Waals surface area contributed by atoms with Crippen LogP contribution in [0.2, 0.25) is 0 Å². The summed E-state index contributed by atoms with van der Waals surface area (Å²) >= 11 is 0. The first-order chi connectivity index (χ1) is 12.6. The number of rotatable bonds is 9. The van der Waals surface area contributed by atoms with Gasteiger partial charge in [0.25, 0.3) is 0 Å². The number of esters is 1. The topological polar surface area (TPSA) is 83.1 Å². The van der Waals surface area contributed by atoms with E-state index in [1.807, 2.05) is 24.3 Å². The molecular weight excluding hydrogens is 338 g/mol. The molecule has 2 aromatic carbocycles. The molecule has 0 aliphatic carbocycles. The predicted octanol–water partition coefficient (Wildman–Crippen LogP) is 2.68. The molecule has 0 unspecified atom stereocenters. The molecule has 7 heteroatoms. The van der Waals surface area contributed by atoms with Crippen molar-refractivity contribution < 1.29 is 28.5 Å². The zero-order valence-corrected chi connectivity index (χ0v) is 14.5. The van der Waals surface area contributed by atoms with E-state index in [-0.39, 0.29) is 13.2 Å². The molecule has 0 fully saturated rings. The molecule has 2 aromatic rings. The molecule has 0 saturated carbocycles. The summed E-state index contributed by atoms with van der Waals surface area (Å²) in [5.41, 5.74) is 0. The van der Waals surface area contributed by atoms with Crippen molar-refractivity contribution >= 4 is 22.8 Å². The van der Waals surface area contributed by atoms with Crippen molar-refractivity contribution in [3.05, 3.63) is 49.1 Å². The van der Waals surface area contributed by atoms with Gasteiger partial charge in [-0.05, 0) is 29.7 Å². The zero-order valence-electron chi connectivity index (χ0n) is 14.5. The van der Waals surface area contributed by atoms with Gasteiger partial charge in [-0.1, -0.05) is 18.7 Å². The zero-order chi connectivity index (χ0) is 18.8. The van der Waals surface area contributed by atoms with E-state index in [0.29, 0.717) is 19.0 Å². The van der Waals surface area contributed by atoms with Crippen molar-refractivity contribution in [2.24, 2.45) is 0 Å². The van der Waals surface area contributed by atoms with Crippen LogP contribution in [0.5, 0.6) is 11.5 Å². The normalized spacial score (nSPS) is 10.2. The molecule has 0 bridgehead atoms. The lowest BCUT2D eigenvalue weighted by molar-refractivity contribution is -0.137. The molecule has 2 rings (SSSR count). The summed E-state index contributed by atoms with van der Waals surface area (Å²) in [5, 5.41) is 4.28. The van der Waals surface area contributed by atoms with Crippen LogP contribution in [0.15, 0.2) is 49.1 Å². The van der Waals surface area contributed by atoms with Gasteiger partial charge in [0.05, 0.1) is 13.2 Å². The van der Waals surface area contributed by atoms with Crippen LogP contribution >= 0.6 is 0 Å². The molecule has 1 N–H and O–H groups in total. The van der Waals surface area contributed by atoms with Crippen molar-refractivity contribution in [2.45, 2.75) is 0 Å². The largest absolute Gasteiger partial charge is 0.491 e. The summed E-state index contributed by atoms with van der Waals surface area (Å²) in [4.78, 5) is 22.7. The quantitative estimate of drug-likeness (QED) is 0.421. The summed E-state index contributed by atoms with van der Waals surface area (Å²) in [6.45, 7) is 4.42. The van der Waals surface area contributed by atoms with Crippen LogP contribution in [0.1, 0.15) is 0 Å². The van der Waals surface area contributed by atoms with Gasteiger partial charge in [0.15, 0.2) is 0 Å².